The number of thioether (sulfide) groups is 1. The number of fused-ring (bicyclic) bond motifs is 1. The summed E-state index contributed by atoms with van der Waals surface area (Å²) in [5.41, 5.74) is 5.39. The summed E-state index contributed by atoms with van der Waals surface area (Å²) in [6.45, 7) is 5.20. The van der Waals surface area contributed by atoms with Crippen molar-refractivity contribution in [3.8, 4) is 0 Å². The third-order valence-corrected chi connectivity index (χ3v) is 6.46. The molecule has 5 heteroatoms. The molecular formula is C23H28N2O2S. The van der Waals surface area contributed by atoms with Crippen LogP contribution in [0.1, 0.15) is 28.7 Å². The average molecular weight is 397 g/mol. The second kappa shape index (κ2) is 9.59. The Kier molecular flexibility index (Phi) is 6.68. The van der Waals surface area contributed by atoms with Gasteiger partial charge in [-0.3, -0.25) is 9.69 Å². The van der Waals surface area contributed by atoms with Gasteiger partial charge >= 0.3 is 0 Å². The summed E-state index contributed by atoms with van der Waals surface area (Å²) >= 11 is 1.62. The summed E-state index contributed by atoms with van der Waals surface area (Å²) < 4.78 is 5.39. The Balaban J connectivity index is 1.20. The van der Waals surface area contributed by atoms with Crippen molar-refractivity contribution in [1.29, 1.82) is 0 Å². The van der Waals surface area contributed by atoms with Gasteiger partial charge in [0.05, 0.1) is 19.0 Å². The molecule has 1 fully saturated rings. The molecule has 148 valence electrons. The van der Waals surface area contributed by atoms with Crippen LogP contribution in [0.15, 0.2) is 47.4 Å². The Morgan fingerprint density at radius 1 is 1.00 bits per heavy atom. The molecule has 0 saturated carbocycles. The van der Waals surface area contributed by atoms with E-state index in [0.717, 1.165) is 38.4 Å². The van der Waals surface area contributed by atoms with Gasteiger partial charge in [-0.2, -0.15) is 0 Å². The van der Waals surface area contributed by atoms with Crippen molar-refractivity contribution in [3.05, 3.63) is 64.7 Å². The van der Waals surface area contributed by atoms with Gasteiger partial charge in [-0.15, -0.1) is 11.8 Å². The van der Waals surface area contributed by atoms with Gasteiger partial charge in [0.15, 0.2) is 0 Å². The quantitative estimate of drug-likeness (QED) is 0.728. The third-order valence-electron chi connectivity index (χ3n) is 5.46. The lowest BCUT2D eigenvalue weighted by molar-refractivity contribution is -0.118. The van der Waals surface area contributed by atoms with Gasteiger partial charge in [0.1, 0.15) is 0 Å². The lowest BCUT2D eigenvalue weighted by Gasteiger charge is -2.26. The molecule has 1 saturated heterocycles. The van der Waals surface area contributed by atoms with Crippen LogP contribution in [0.2, 0.25) is 0 Å². The largest absolute Gasteiger partial charge is 0.379 e. The van der Waals surface area contributed by atoms with E-state index in [1.54, 1.807) is 11.8 Å². The smallest absolute Gasteiger partial charge is 0.230 e. The maximum Gasteiger partial charge on any atom is 0.230 e. The van der Waals surface area contributed by atoms with Crippen molar-refractivity contribution in [2.75, 3.05) is 32.1 Å². The average Bonchev–Trinajstić information content (AvgIpc) is 3.20. The number of amides is 1. The summed E-state index contributed by atoms with van der Waals surface area (Å²) in [5.74, 6) is 0.552. The summed E-state index contributed by atoms with van der Waals surface area (Å²) in [5, 5.41) is 3.04. The Labute approximate surface area is 171 Å². The van der Waals surface area contributed by atoms with Gasteiger partial charge in [-0.1, -0.05) is 30.3 Å². The van der Waals surface area contributed by atoms with Gasteiger partial charge in [0.2, 0.25) is 5.91 Å². The molecule has 2 aromatic carbocycles. The maximum absolute atomic E-state index is 12.2. The van der Waals surface area contributed by atoms with Gasteiger partial charge in [-0.05, 0) is 53.6 Å². The Bertz CT molecular complexity index is 801. The molecule has 0 unspecified atom stereocenters. The second-order valence-corrected chi connectivity index (χ2v) is 8.60. The minimum absolute atomic E-state index is 0.0860. The molecular weight excluding hydrogens is 368 g/mol. The highest BCUT2D eigenvalue weighted by Crippen LogP contribution is 2.27. The van der Waals surface area contributed by atoms with E-state index in [4.69, 9.17) is 4.74 Å². The van der Waals surface area contributed by atoms with E-state index in [-0.39, 0.29) is 5.91 Å². The van der Waals surface area contributed by atoms with Gasteiger partial charge in [0.25, 0.3) is 0 Å². The number of carbonyl (C=O) groups is 1. The van der Waals surface area contributed by atoms with Crippen LogP contribution < -0.4 is 5.32 Å². The molecule has 0 radical (unpaired) electrons. The molecule has 1 aliphatic carbocycles. The molecule has 1 amide bonds. The van der Waals surface area contributed by atoms with Crippen LogP contribution in [0.25, 0.3) is 0 Å². The van der Waals surface area contributed by atoms with E-state index < -0.39 is 0 Å². The van der Waals surface area contributed by atoms with E-state index in [2.05, 4.69) is 52.7 Å². The molecule has 2 aromatic rings. The zero-order valence-corrected chi connectivity index (χ0v) is 17.1. The van der Waals surface area contributed by atoms with Crippen molar-refractivity contribution in [3.63, 3.8) is 0 Å². The van der Waals surface area contributed by atoms with Crippen molar-refractivity contribution in [2.24, 2.45) is 0 Å². The summed E-state index contributed by atoms with van der Waals surface area (Å²) in [4.78, 5) is 15.8. The lowest BCUT2D eigenvalue weighted by atomic mass is 10.1. The molecule has 0 atom stereocenters. The van der Waals surface area contributed by atoms with Crippen LogP contribution in [-0.2, 0) is 35.5 Å². The van der Waals surface area contributed by atoms with Crippen molar-refractivity contribution >= 4 is 17.7 Å². The molecule has 0 spiro atoms. The monoisotopic (exact) mass is 396 g/mol. The standard InChI is InChI=1S/C23H28N2O2S/c26-23(17-28-22-9-8-20-2-1-3-21(20)14-22)24-15-18-4-6-19(7-5-18)16-25-10-12-27-13-11-25/h4-9,14H,1-3,10-13,15-17H2,(H,24,26). The van der Waals surface area contributed by atoms with E-state index >= 15 is 0 Å². The zero-order valence-electron chi connectivity index (χ0n) is 16.3. The fourth-order valence-electron chi connectivity index (χ4n) is 3.82. The molecule has 1 heterocycles. The highest BCUT2D eigenvalue weighted by Gasteiger charge is 2.12. The van der Waals surface area contributed by atoms with Crippen molar-refractivity contribution in [1.82, 2.24) is 10.2 Å². The summed E-state index contributed by atoms with van der Waals surface area (Å²) in [7, 11) is 0. The predicted octanol–water partition coefficient (Wildman–Crippen LogP) is 3.42. The molecule has 0 bridgehead atoms. The lowest BCUT2D eigenvalue weighted by Crippen LogP contribution is -2.35. The second-order valence-electron chi connectivity index (χ2n) is 7.55. The van der Waals surface area contributed by atoms with Crippen LogP contribution in [0, 0.1) is 0 Å². The van der Waals surface area contributed by atoms with Crippen LogP contribution in [0.4, 0.5) is 0 Å². The van der Waals surface area contributed by atoms with Gasteiger partial charge in [0, 0.05) is 31.1 Å². The number of nitrogens with zero attached hydrogens (tertiary/aromatic N) is 1. The number of aryl methyl sites for hydroxylation is 2. The normalized spacial score (nSPS) is 16.7. The predicted molar refractivity (Wildman–Crippen MR) is 114 cm³/mol. The minimum Gasteiger partial charge on any atom is -0.379 e. The molecule has 1 N–H and O–H groups in total. The first-order chi connectivity index (χ1) is 13.8. The first kappa shape index (κ1) is 19.5. The molecule has 28 heavy (non-hydrogen) atoms. The summed E-state index contributed by atoms with van der Waals surface area (Å²) in [6.07, 6.45) is 3.64. The van der Waals surface area contributed by atoms with Crippen LogP contribution in [-0.4, -0.2) is 42.9 Å². The molecule has 0 aromatic heterocycles. The highest BCUT2D eigenvalue weighted by molar-refractivity contribution is 8.00. The zero-order chi connectivity index (χ0) is 19.2. The van der Waals surface area contributed by atoms with Gasteiger partial charge < -0.3 is 10.1 Å². The molecule has 4 nitrogen and oxygen atoms in total. The SMILES string of the molecule is O=C(CSc1ccc2c(c1)CCC2)NCc1ccc(CN2CCOCC2)cc1. The Morgan fingerprint density at radius 3 is 2.57 bits per heavy atom. The fourth-order valence-corrected chi connectivity index (χ4v) is 4.61. The third kappa shape index (κ3) is 5.37. The number of nitrogens with one attached hydrogen (secondary N) is 1. The number of carbonyl (C=O) groups excluding carboxylic acids is 1. The van der Waals surface area contributed by atoms with Crippen molar-refractivity contribution < 1.29 is 9.53 Å². The number of hydrogen-bond donors (Lipinski definition) is 1. The number of morpholine rings is 1. The molecule has 1 aliphatic heterocycles. The minimum atomic E-state index is 0.0860. The Hall–Kier alpha value is -1.82. The molecule has 2 aliphatic rings. The Morgan fingerprint density at radius 2 is 1.75 bits per heavy atom. The van der Waals surface area contributed by atoms with Crippen LogP contribution >= 0.6 is 11.8 Å². The summed E-state index contributed by atoms with van der Waals surface area (Å²) in [6, 6.07) is 15.2. The van der Waals surface area contributed by atoms with E-state index in [9.17, 15) is 4.79 Å². The van der Waals surface area contributed by atoms with Crippen LogP contribution in [0.3, 0.4) is 0 Å². The topological polar surface area (TPSA) is 41.6 Å². The molecule has 4 rings (SSSR count). The van der Waals surface area contributed by atoms with E-state index in [0.29, 0.717) is 12.3 Å². The first-order valence-electron chi connectivity index (χ1n) is 10.2. The van der Waals surface area contributed by atoms with Crippen molar-refractivity contribution in [2.45, 2.75) is 37.2 Å². The first-order valence-corrected chi connectivity index (χ1v) is 11.1. The number of hydrogen-bond acceptors (Lipinski definition) is 4. The number of benzene rings is 2. The fraction of sp³-hybridized carbons (Fsp3) is 0.435. The van der Waals surface area contributed by atoms with Crippen LogP contribution in [0.5, 0.6) is 0 Å². The van der Waals surface area contributed by atoms with Gasteiger partial charge in [-0.25, -0.2) is 0 Å². The highest BCUT2D eigenvalue weighted by atomic mass is 32.2. The number of rotatable bonds is 7. The number of ether oxygens (including phenoxy) is 1. The van der Waals surface area contributed by atoms with E-state index in [1.807, 2.05) is 0 Å². The maximum atomic E-state index is 12.2. The van der Waals surface area contributed by atoms with E-state index in [1.165, 1.54) is 40.8 Å².